The molecule has 0 bridgehead atoms. The third-order valence-electron chi connectivity index (χ3n) is 7.31. The Balaban J connectivity index is 1.95. The van der Waals surface area contributed by atoms with Crippen LogP contribution in [-0.2, 0) is 15.9 Å². The van der Waals surface area contributed by atoms with Gasteiger partial charge < -0.3 is 29.3 Å². The van der Waals surface area contributed by atoms with E-state index in [-0.39, 0.29) is 23.4 Å². The Kier molecular flexibility index (Phi) is 11.9. The van der Waals surface area contributed by atoms with E-state index < -0.39 is 17.5 Å². The molecular weight excluding hydrogens is 553 g/mol. The molecule has 3 rings (SSSR count). The second-order valence-corrected chi connectivity index (χ2v) is 11.8. The van der Waals surface area contributed by atoms with Crippen LogP contribution in [0.2, 0.25) is 0 Å². The zero-order chi connectivity index (χ0) is 31.7. The maximum atomic E-state index is 15.3. The lowest BCUT2D eigenvalue weighted by Gasteiger charge is -2.34. The first-order chi connectivity index (χ1) is 20.4. The molecule has 2 aromatic rings. The highest BCUT2D eigenvalue weighted by Crippen LogP contribution is 2.36. The molecule has 1 fully saturated rings. The Labute approximate surface area is 254 Å². The minimum atomic E-state index is -0.608. The Hall–Kier alpha value is -3.66. The number of rotatable bonds is 11. The van der Waals surface area contributed by atoms with Gasteiger partial charge >= 0.3 is 6.09 Å². The second kappa shape index (κ2) is 15.2. The molecule has 236 valence electrons. The molecule has 9 nitrogen and oxygen atoms in total. The number of amides is 3. The molecule has 1 aliphatic rings. The van der Waals surface area contributed by atoms with Gasteiger partial charge in [0.1, 0.15) is 17.2 Å². The third-order valence-corrected chi connectivity index (χ3v) is 7.31. The molecule has 1 aliphatic heterocycles. The predicted molar refractivity (Wildman–Crippen MR) is 164 cm³/mol. The van der Waals surface area contributed by atoms with E-state index >= 15 is 4.39 Å². The summed E-state index contributed by atoms with van der Waals surface area (Å²) >= 11 is 0. The molecule has 0 spiro atoms. The zero-order valence-corrected chi connectivity index (χ0v) is 26.5. The van der Waals surface area contributed by atoms with Crippen LogP contribution >= 0.6 is 0 Å². The molecule has 43 heavy (non-hydrogen) atoms. The number of hydrogen-bond acceptors (Lipinski definition) is 6. The Bertz CT molecular complexity index is 1290. The average Bonchev–Trinajstić information content (AvgIpc) is 2.97. The second-order valence-electron chi connectivity index (χ2n) is 11.8. The van der Waals surface area contributed by atoms with Gasteiger partial charge in [-0.1, -0.05) is 6.92 Å². The monoisotopic (exact) mass is 599 g/mol. The van der Waals surface area contributed by atoms with E-state index in [4.69, 9.17) is 14.2 Å². The van der Waals surface area contributed by atoms with Crippen molar-refractivity contribution in [2.24, 2.45) is 0 Å². The highest BCUT2D eigenvalue weighted by molar-refractivity contribution is 5.98. The van der Waals surface area contributed by atoms with E-state index in [9.17, 15) is 14.4 Å². The quantitative estimate of drug-likeness (QED) is 0.333. The minimum absolute atomic E-state index is 0.217. The van der Waals surface area contributed by atoms with Crippen LogP contribution in [0, 0.1) is 5.82 Å². The molecule has 3 amide bonds. The van der Waals surface area contributed by atoms with E-state index in [0.29, 0.717) is 73.7 Å². The van der Waals surface area contributed by atoms with Gasteiger partial charge in [0.25, 0.3) is 11.8 Å². The van der Waals surface area contributed by atoms with Crippen molar-refractivity contribution >= 4 is 17.9 Å². The predicted octanol–water partition coefficient (Wildman–Crippen LogP) is 5.69. The number of hydrogen-bond donors (Lipinski definition) is 1. The molecule has 1 unspecified atom stereocenters. The minimum Gasteiger partial charge on any atom is -0.493 e. The standard InChI is InChI=1S/C33H46FN3O6/c1-8-22-18-27(26-19-23(13-14-28(26)34)31(39)36(6)9-2)29(42-17-11-16-41-7)20-25(22)30(38)35-24-12-10-15-37(21-24)32(40)43-33(3,4)5/h13-14,18-20,24H,8-12,15-17,21H2,1-7H3,(H,35,38). The lowest BCUT2D eigenvalue weighted by atomic mass is 9.94. The molecule has 0 saturated carbocycles. The normalized spacial score (nSPS) is 15.2. The fourth-order valence-electron chi connectivity index (χ4n) is 4.92. The number of methoxy groups -OCH3 is 1. The summed E-state index contributed by atoms with van der Waals surface area (Å²) < 4.78 is 32.1. The Morgan fingerprint density at radius 2 is 1.84 bits per heavy atom. The van der Waals surface area contributed by atoms with Crippen LogP contribution in [0.4, 0.5) is 9.18 Å². The SMILES string of the molecule is CCc1cc(-c2cc(C(=O)N(C)CC)ccc2F)c(OCCCOC)cc1C(=O)NC1CCCN(C(=O)OC(C)(C)C)C1. The molecule has 1 heterocycles. The molecule has 0 aliphatic carbocycles. The van der Waals surface area contributed by atoms with Crippen LogP contribution < -0.4 is 10.1 Å². The summed E-state index contributed by atoms with van der Waals surface area (Å²) in [5.41, 5.74) is 1.56. The van der Waals surface area contributed by atoms with Gasteiger partial charge in [0, 0.05) is 75.1 Å². The van der Waals surface area contributed by atoms with Crippen molar-refractivity contribution in [3.05, 3.63) is 52.8 Å². The average molecular weight is 600 g/mol. The number of ether oxygens (including phenoxy) is 3. The first-order valence-corrected chi connectivity index (χ1v) is 15.0. The summed E-state index contributed by atoms with van der Waals surface area (Å²) in [7, 11) is 3.29. The molecule has 2 aromatic carbocycles. The lowest BCUT2D eigenvalue weighted by Crippen LogP contribution is -2.50. The summed E-state index contributed by atoms with van der Waals surface area (Å²) in [5, 5.41) is 3.09. The van der Waals surface area contributed by atoms with Crippen LogP contribution in [0.15, 0.2) is 30.3 Å². The first-order valence-electron chi connectivity index (χ1n) is 15.0. The molecule has 1 N–H and O–H groups in total. The van der Waals surface area contributed by atoms with E-state index in [0.717, 1.165) is 12.8 Å². The maximum Gasteiger partial charge on any atom is 0.410 e. The van der Waals surface area contributed by atoms with Gasteiger partial charge in [-0.15, -0.1) is 0 Å². The number of piperidine rings is 1. The first kappa shape index (κ1) is 33.8. The number of halogens is 1. The van der Waals surface area contributed by atoms with Gasteiger partial charge in [0.05, 0.1) is 6.61 Å². The summed E-state index contributed by atoms with van der Waals surface area (Å²) in [6.07, 6.45) is 2.16. The number of carbonyl (C=O) groups is 3. The van der Waals surface area contributed by atoms with Crippen molar-refractivity contribution in [3.63, 3.8) is 0 Å². The van der Waals surface area contributed by atoms with Crippen molar-refractivity contribution in [2.45, 2.75) is 71.9 Å². The fraction of sp³-hybridized carbons (Fsp3) is 0.545. The van der Waals surface area contributed by atoms with Gasteiger partial charge in [-0.25, -0.2) is 9.18 Å². The van der Waals surface area contributed by atoms with Crippen molar-refractivity contribution in [3.8, 4) is 16.9 Å². The van der Waals surface area contributed by atoms with Gasteiger partial charge in [-0.05, 0) is 82.9 Å². The zero-order valence-electron chi connectivity index (χ0n) is 26.5. The summed E-state index contributed by atoms with van der Waals surface area (Å²) in [6.45, 7) is 11.5. The van der Waals surface area contributed by atoms with E-state index in [1.807, 2.05) is 34.6 Å². The lowest BCUT2D eigenvalue weighted by molar-refractivity contribution is 0.0185. The summed E-state index contributed by atoms with van der Waals surface area (Å²) in [6, 6.07) is 7.46. The number of benzene rings is 2. The molecule has 0 radical (unpaired) electrons. The van der Waals surface area contributed by atoms with Crippen LogP contribution in [0.25, 0.3) is 11.1 Å². The number of nitrogens with one attached hydrogen (secondary N) is 1. The van der Waals surface area contributed by atoms with E-state index in [1.165, 1.54) is 18.2 Å². The largest absolute Gasteiger partial charge is 0.493 e. The smallest absolute Gasteiger partial charge is 0.410 e. The van der Waals surface area contributed by atoms with Gasteiger partial charge in [-0.2, -0.15) is 0 Å². The van der Waals surface area contributed by atoms with Crippen LogP contribution in [-0.4, -0.2) is 86.4 Å². The fourth-order valence-corrected chi connectivity index (χ4v) is 4.92. The maximum absolute atomic E-state index is 15.3. The third kappa shape index (κ3) is 9.16. The van der Waals surface area contributed by atoms with Crippen LogP contribution in [0.5, 0.6) is 5.75 Å². The van der Waals surface area contributed by atoms with Crippen molar-refractivity contribution in [1.29, 1.82) is 0 Å². The van der Waals surface area contributed by atoms with Crippen molar-refractivity contribution in [1.82, 2.24) is 15.1 Å². The molecule has 10 heteroatoms. The van der Waals surface area contributed by atoms with Crippen molar-refractivity contribution < 1.29 is 33.0 Å². The van der Waals surface area contributed by atoms with Crippen molar-refractivity contribution in [2.75, 3.05) is 47.0 Å². The Morgan fingerprint density at radius 1 is 1.09 bits per heavy atom. The summed E-state index contributed by atoms with van der Waals surface area (Å²) in [5.74, 6) is -0.674. The van der Waals surface area contributed by atoms with Crippen LogP contribution in [0.1, 0.15) is 80.2 Å². The number of carbonyl (C=O) groups excluding carboxylic acids is 3. The summed E-state index contributed by atoms with van der Waals surface area (Å²) in [4.78, 5) is 42.3. The highest BCUT2D eigenvalue weighted by Gasteiger charge is 2.29. The van der Waals surface area contributed by atoms with Crippen LogP contribution in [0.3, 0.4) is 0 Å². The molecule has 1 saturated heterocycles. The molecule has 0 aromatic heterocycles. The number of nitrogens with zero attached hydrogens (tertiary/aromatic N) is 2. The highest BCUT2D eigenvalue weighted by atomic mass is 19.1. The van der Waals surface area contributed by atoms with E-state index in [2.05, 4.69) is 5.32 Å². The Morgan fingerprint density at radius 3 is 2.49 bits per heavy atom. The van der Waals surface area contributed by atoms with Gasteiger partial charge in [0.2, 0.25) is 0 Å². The van der Waals surface area contributed by atoms with E-state index in [1.54, 1.807) is 36.1 Å². The molecule has 1 atom stereocenters. The number of aryl methyl sites for hydroxylation is 1. The number of likely N-dealkylation sites (tertiary alicyclic amines) is 1. The van der Waals surface area contributed by atoms with Gasteiger partial charge in [0.15, 0.2) is 0 Å². The topological polar surface area (TPSA) is 97.4 Å². The van der Waals surface area contributed by atoms with Gasteiger partial charge in [-0.3, -0.25) is 9.59 Å². The molecular formula is C33H46FN3O6.